The number of aliphatic carboxylic acids is 1. The number of hydrogen-bond acceptors (Lipinski definition) is 3. The van der Waals surface area contributed by atoms with Crippen LogP contribution in [0.25, 0.3) is 0 Å². The van der Waals surface area contributed by atoms with Crippen LogP contribution < -0.4 is 0 Å². The second-order valence-electron chi connectivity index (χ2n) is 9.73. The average molecular weight is 358 g/mol. The maximum Gasteiger partial charge on any atom is 0.317 e. The van der Waals surface area contributed by atoms with E-state index >= 15 is 0 Å². The number of allylic oxidation sites excluding steroid dienone is 1. The molecule has 0 bridgehead atoms. The lowest BCUT2D eigenvalue weighted by Gasteiger charge is -2.59. The maximum absolute atomic E-state index is 12.5. The van der Waals surface area contributed by atoms with E-state index in [1.807, 2.05) is 6.08 Å². The molecule has 142 valence electrons. The van der Waals surface area contributed by atoms with E-state index in [0.29, 0.717) is 30.6 Å². The summed E-state index contributed by atoms with van der Waals surface area (Å²) < 4.78 is 0. The molecule has 0 saturated heterocycles. The van der Waals surface area contributed by atoms with Crippen molar-refractivity contribution in [1.82, 2.24) is 0 Å². The SMILES string of the molecule is CC(=O)[C@@]1(C(=O)O)CC[C@H]2[C@@H]3CCC4=CC(=O)CC[C@]4(C)[C@H]3CC[C@@]21C. The normalized spacial score (nSPS) is 47.4. The van der Waals surface area contributed by atoms with E-state index in [0.717, 1.165) is 38.5 Å². The van der Waals surface area contributed by atoms with E-state index in [1.54, 1.807) is 0 Å². The summed E-state index contributed by atoms with van der Waals surface area (Å²) in [5.74, 6) is 0.477. The van der Waals surface area contributed by atoms with E-state index in [4.69, 9.17) is 0 Å². The smallest absolute Gasteiger partial charge is 0.317 e. The van der Waals surface area contributed by atoms with Crippen LogP contribution in [-0.2, 0) is 14.4 Å². The largest absolute Gasteiger partial charge is 0.480 e. The van der Waals surface area contributed by atoms with Crippen molar-refractivity contribution >= 4 is 17.5 Å². The van der Waals surface area contributed by atoms with Gasteiger partial charge in [0.15, 0.2) is 5.78 Å². The third-order valence-electron chi connectivity index (χ3n) is 9.12. The zero-order chi connectivity index (χ0) is 18.9. The van der Waals surface area contributed by atoms with E-state index < -0.39 is 16.8 Å². The molecule has 0 radical (unpaired) electrons. The minimum atomic E-state index is -1.21. The fraction of sp³-hybridized carbons (Fsp3) is 0.773. The first-order valence-electron chi connectivity index (χ1n) is 10.1. The van der Waals surface area contributed by atoms with Gasteiger partial charge in [-0.2, -0.15) is 0 Å². The lowest BCUT2D eigenvalue weighted by Crippen LogP contribution is -2.56. The van der Waals surface area contributed by atoms with Crippen LogP contribution >= 0.6 is 0 Å². The van der Waals surface area contributed by atoms with Gasteiger partial charge in [0.05, 0.1) is 0 Å². The highest BCUT2D eigenvalue weighted by atomic mass is 16.4. The molecule has 3 saturated carbocycles. The van der Waals surface area contributed by atoms with Crippen LogP contribution in [0.4, 0.5) is 0 Å². The van der Waals surface area contributed by atoms with E-state index in [-0.39, 0.29) is 17.0 Å². The lowest BCUT2D eigenvalue weighted by atomic mass is 9.45. The van der Waals surface area contributed by atoms with Gasteiger partial charge in [0.25, 0.3) is 0 Å². The number of carbonyl (C=O) groups is 3. The Morgan fingerprint density at radius 3 is 2.38 bits per heavy atom. The molecule has 26 heavy (non-hydrogen) atoms. The Kier molecular flexibility index (Phi) is 3.81. The van der Waals surface area contributed by atoms with Crippen LogP contribution in [0.1, 0.15) is 72.1 Å². The summed E-state index contributed by atoms with van der Waals surface area (Å²) in [5.41, 5.74) is -0.230. The average Bonchev–Trinajstić information content (AvgIpc) is 2.89. The fourth-order valence-electron chi connectivity index (χ4n) is 7.68. The van der Waals surface area contributed by atoms with Gasteiger partial charge in [-0.15, -0.1) is 0 Å². The van der Waals surface area contributed by atoms with Gasteiger partial charge >= 0.3 is 5.97 Å². The topological polar surface area (TPSA) is 71.4 Å². The summed E-state index contributed by atoms with van der Waals surface area (Å²) in [6.45, 7) is 5.88. The van der Waals surface area contributed by atoms with Crippen LogP contribution in [0.5, 0.6) is 0 Å². The zero-order valence-corrected chi connectivity index (χ0v) is 16.1. The van der Waals surface area contributed by atoms with Gasteiger partial charge in [0.2, 0.25) is 0 Å². The number of fused-ring (bicyclic) bond motifs is 5. The van der Waals surface area contributed by atoms with Crippen molar-refractivity contribution < 1.29 is 19.5 Å². The lowest BCUT2D eigenvalue weighted by molar-refractivity contribution is -0.168. The second-order valence-corrected chi connectivity index (χ2v) is 9.73. The second kappa shape index (κ2) is 5.53. The van der Waals surface area contributed by atoms with Crippen molar-refractivity contribution in [1.29, 1.82) is 0 Å². The van der Waals surface area contributed by atoms with Gasteiger partial charge in [0.1, 0.15) is 11.2 Å². The molecule has 0 aliphatic heterocycles. The molecule has 0 amide bonds. The van der Waals surface area contributed by atoms with Crippen LogP contribution in [0.3, 0.4) is 0 Å². The van der Waals surface area contributed by atoms with E-state index in [9.17, 15) is 19.5 Å². The van der Waals surface area contributed by atoms with Gasteiger partial charge in [-0.25, -0.2) is 0 Å². The fourth-order valence-corrected chi connectivity index (χ4v) is 7.68. The van der Waals surface area contributed by atoms with E-state index in [1.165, 1.54) is 12.5 Å². The van der Waals surface area contributed by atoms with Gasteiger partial charge in [-0.1, -0.05) is 19.4 Å². The predicted molar refractivity (Wildman–Crippen MR) is 97.5 cm³/mol. The van der Waals surface area contributed by atoms with Gasteiger partial charge in [-0.05, 0) is 86.5 Å². The molecule has 0 spiro atoms. The molecule has 3 fully saturated rings. The molecule has 6 atom stereocenters. The van der Waals surface area contributed by atoms with Crippen LogP contribution in [-0.4, -0.2) is 22.6 Å². The number of carbonyl (C=O) groups excluding carboxylic acids is 2. The van der Waals surface area contributed by atoms with Gasteiger partial charge in [-0.3, -0.25) is 14.4 Å². The molecule has 0 aromatic carbocycles. The Morgan fingerprint density at radius 2 is 1.73 bits per heavy atom. The predicted octanol–water partition coefficient (Wildman–Crippen LogP) is 4.18. The highest BCUT2D eigenvalue weighted by Gasteiger charge is 2.68. The molecule has 4 heteroatoms. The molecule has 0 aromatic rings. The van der Waals surface area contributed by atoms with Crippen LogP contribution in [0.2, 0.25) is 0 Å². The van der Waals surface area contributed by atoms with Crippen molar-refractivity contribution in [2.45, 2.75) is 72.1 Å². The molecule has 4 nitrogen and oxygen atoms in total. The quantitative estimate of drug-likeness (QED) is 0.752. The van der Waals surface area contributed by atoms with Crippen molar-refractivity contribution in [3.05, 3.63) is 11.6 Å². The molecular formula is C22H30O4. The van der Waals surface area contributed by atoms with Crippen molar-refractivity contribution in [3.8, 4) is 0 Å². The molecular weight excluding hydrogens is 328 g/mol. The monoisotopic (exact) mass is 358 g/mol. The molecule has 0 unspecified atom stereocenters. The van der Waals surface area contributed by atoms with Gasteiger partial charge in [0, 0.05) is 6.42 Å². The Labute approximate surface area is 155 Å². The first-order chi connectivity index (χ1) is 12.2. The van der Waals surface area contributed by atoms with Crippen LogP contribution in [0.15, 0.2) is 11.6 Å². The summed E-state index contributed by atoms with van der Waals surface area (Å²) in [6.07, 6.45) is 8.57. The minimum Gasteiger partial charge on any atom is -0.480 e. The summed E-state index contributed by atoms with van der Waals surface area (Å²) in [7, 11) is 0. The molecule has 4 rings (SSSR count). The number of hydrogen-bond donors (Lipinski definition) is 1. The highest BCUT2D eigenvalue weighted by molar-refractivity contribution is 6.03. The van der Waals surface area contributed by atoms with Crippen LogP contribution in [0, 0.1) is 34.0 Å². The first kappa shape index (κ1) is 17.9. The highest BCUT2D eigenvalue weighted by Crippen LogP contribution is 2.70. The third-order valence-corrected chi connectivity index (χ3v) is 9.12. The number of ketones is 2. The maximum atomic E-state index is 12.5. The standard InChI is InChI=1S/C22H30O4/c1-13(23)22(19(25)26)11-8-18-16-5-4-14-12-15(24)6-9-20(14,2)17(16)7-10-21(18,22)3/h12,16-18H,4-11H2,1-3H3,(H,25,26)/t16-,17+,18+,20+,21+,22-/m1/s1. The minimum absolute atomic E-state index is 0.0862. The summed E-state index contributed by atoms with van der Waals surface area (Å²) in [4.78, 5) is 36.7. The molecule has 4 aliphatic rings. The Morgan fingerprint density at radius 1 is 1.04 bits per heavy atom. The Balaban J connectivity index is 1.73. The summed E-state index contributed by atoms with van der Waals surface area (Å²) in [5, 5.41) is 10.0. The van der Waals surface area contributed by atoms with Gasteiger partial charge < -0.3 is 5.11 Å². The molecule has 0 aromatic heterocycles. The first-order valence-corrected chi connectivity index (χ1v) is 10.1. The number of carboxylic acid groups (broad SMARTS) is 1. The zero-order valence-electron chi connectivity index (χ0n) is 16.1. The van der Waals surface area contributed by atoms with Crippen molar-refractivity contribution in [2.75, 3.05) is 0 Å². The molecule has 1 N–H and O–H groups in total. The van der Waals surface area contributed by atoms with Crippen molar-refractivity contribution in [3.63, 3.8) is 0 Å². The number of carboxylic acids is 1. The summed E-state index contributed by atoms with van der Waals surface area (Å²) in [6, 6.07) is 0. The third kappa shape index (κ3) is 1.99. The number of Topliss-reactive ketones (excluding diaryl/α,β-unsaturated/α-hetero) is 1. The number of rotatable bonds is 2. The Bertz CT molecular complexity index is 706. The van der Waals surface area contributed by atoms with E-state index in [2.05, 4.69) is 13.8 Å². The Hall–Kier alpha value is -1.45. The molecule has 4 aliphatic carbocycles. The molecule has 0 heterocycles. The van der Waals surface area contributed by atoms with Crippen molar-refractivity contribution in [2.24, 2.45) is 34.0 Å². The summed E-state index contributed by atoms with van der Waals surface area (Å²) >= 11 is 0.